The number of carboxylic acids is 1. The molecule has 7 nitrogen and oxygen atoms in total. The SMILES string of the molecule is COc1ccc2ncc(F)c([C@H](O)CCC3(C(=O)O)CCN(CCSc4ccccn4)CC3)c2c1. The topological polar surface area (TPSA) is 95.8 Å². The fourth-order valence-electron chi connectivity index (χ4n) is 4.68. The molecule has 1 saturated heterocycles. The zero-order valence-corrected chi connectivity index (χ0v) is 20.5. The van der Waals surface area contributed by atoms with E-state index in [1.54, 1.807) is 36.2 Å². The molecular formula is C26H30FN3O4S. The molecule has 1 aliphatic heterocycles. The zero-order valence-electron chi connectivity index (χ0n) is 19.7. The molecule has 2 aromatic heterocycles. The maximum atomic E-state index is 14.7. The third-order valence-corrected chi connectivity index (χ3v) is 7.78. The van der Waals surface area contributed by atoms with Gasteiger partial charge in [0.05, 0.1) is 35.4 Å². The molecule has 2 N–H and O–H groups in total. The van der Waals surface area contributed by atoms with Crippen LogP contribution in [0.25, 0.3) is 10.9 Å². The van der Waals surface area contributed by atoms with Crippen LogP contribution in [0.3, 0.4) is 0 Å². The number of aliphatic hydroxyl groups is 1. The number of nitrogens with zero attached hydrogens (tertiary/aromatic N) is 3. The Hall–Kier alpha value is -2.75. The molecule has 1 aromatic carbocycles. The molecule has 9 heteroatoms. The van der Waals surface area contributed by atoms with Crippen molar-refractivity contribution in [3.05, 3.63) is 60.2 Å². The molecule has 4 rings (SSSR count). The van der Waals surface area contributed by atoms with Crippen LogP contribution in [0.2, 0.25) is 0 Å². The number of benzene rings is 1. The summed E-state index contributed by atoms with van der Waals surface area (Å²) in [6.07, 6.45) is 3.14. The lowest BCUT2D eigenvalue weighted by Gasteiger charge is -2.39. The summed E-state index contributed by atoms with van der Waals surface area (Å²) in [4.78, 5) is 23.0. The number of halogens is 1. The molecule has 0 amide bonds. The molecule has 1 aliphatic rings. The number of ether oxygens (including phenoxy) is 1. The third-order valence-electron chi connectivity index (χ3n) is 6.86. The first-order chi connectivity index (χ1) is 16.9. The van der Waals surface area contributed by atoms with Crippen LogP contribution in [0.4, 0.5) is 4.39 Å². The van der Waals surface area contributed by atoms with Gasteiger partial charge in [-0.3, -0.25) is 9.78 Å². The second-order valence-electron chi connectivity index (χ2n) is 8.90. The fourth-order valence-corrected chi connectivity index (χ4v) is 5.55. The van der Waals surface area contributed by atoms with E-state index in [-0.39, 0.29) is 18.4 Å². The molecule has 3 aromatic rings. The van der Waals surface area contributed by atoms with Crippen LogP contribution in [0.15, 0.2) is 53.8 Å². The lowest BCUT2D eigenvalue weighted by Crippen LogP contribution is -2.45. The summed E-state index contributed by atoms with van der Waals surface area (Å²) in [5, 5.41) is 22.5. The summed E-state index contributed by atoms with van der Waals surface area (Å²) in [5.41, 5.74) is -0.243. The van der Waals surface area contributed by atoms with Crippen LogP contribution in [0, 0.1) is 11.2 Å². The minimum absolute atomic E-state index is 0.137. The molecule has 0 radical (unpaired) electrons. The van der Waals surface area contributed by atoms with Gasteiger partial charge in [-0.15, -0.1) is 11.8 Å². The number of methoxy groups -OCH3 is 1. The van der Waals surface area contributed by atoms with Gasteiger partial charge in [-0.1, -0.05) is 6.07 Å². The molecule has 186 valence electrons. The first-order valence-electron chi connectivity index (χ1n) is 11.7. The second-order valence-corrected chi connectivity index (χ2v) is 10.0. The van der Waals surface area contributed by atoms with E-state index in [4.69, 9.17) is 4.74 Å². The van der Waals surface area contributed by atoms with Crippen molar-refractivity contribution < 1.29 is 24.1 Å². The van der Waals surface area contributed by atoms with Gasteiger partial charge < -0.3 is 19.8 Å². The smallest absolute Gasteiger partial charge is 0.309 e. The summed E-state index contributed by atoms with van der Waals surface area (Å²) >= 11 is 1.69. The molecule has 0 spiro atoms. The van der Waals surface area contributed by atoms with E-state index in [0.29, 0.717) is 42.6 Å². The quantitative estimate of drug-likeness (QED) is 0.392. The van der Waals surface area contributed by atoms with Gasteiger partial charge in [0.1, 0.15) is 11.6 Å². The molecule has 0 bridgehead atoms. The highest BCUT2D eigenvalue weighted by Crippen LogP contribution is 2.40. The van der Waals surface area contributed by atoms with Crippen molar-refractivity contribution in [3.8, 4) is 5.75 Å². The molecule has 3 heterocycles. The van der Waals surface area contributed by atoms with Gasteiger partial charge in [0.2, 0.25) is 0 Å². The predicted molar refractivity (Wildman–Crippen MR) is 133 cm³/mol. The number of thioether (sulfide) groups is 1. The number of carbonyl (C=O) groups is 1. The molecule has 1 fully saturated rings. The first kappa shape index (κ1) is 25.3. The van der Waals surface area contributed by atoms with Crippen LogP contribution in [0.1, 0.15) is 37.4 Å². The standard InChI is InChI=1S/C26H30FN3O4S/c1-34-18-5-6-21-19(16-18)24(20(27)17-29-21)22(31)7-8-26(25(32)33)9-12-30(13-10-26)14-15-35-23-4-2-3-11-28-23/h2-6,11,16-17,22,31H,7-10,12-15H2,1H3,(H,32,33)/t22-/m1/s1. The minimum atomic E-state index is -1.14. The van der Waals surface area contributed by atoms with Gasteiger partial charge in [0.15, 0.2) is 0 Å². The summed E-state index contributed by atoms with van der Waals surface area (Å²) < 4.78 is 20.0. The summed E-state index contributed by atoms with van der Waals surface area (Å²) in [6, 6.07) is 10.9. The van der Waals surface area contributed by atoms with Gasteiger partial charge in [-0.25, -0.2) is 9.37 Å². The molecule has 0 aliphatic carbocycles. The van der Waals surface area contributed by atoms with Crippen molar-refractivity contribution in [2.75, 3.05) is 32.5 Å². The number of fused-ring (bicyclic) bond motifs is 1. The number of hydrogen-bond donors (Lipinski definition) is 2. The van der Waals surface area contributed by atoms with Crippen LogP contribution in [-0.4, -0.2) is 63.5 Å². The van der Waals surface area contributed by atoms with Gasteiger partial charge in [-0.2, -0.15) is 0 Å². The first-order valence-corrected chi connectivity index (χ1v) is 12.7. The number of rotatable bonds is 10. The monoisotopic (exact) mass is 499 g/mol. The van der Waals surface area contributed by atoms with Crippen molar-refractivity contribution in [2.24, 2.45) is 5.41 Å². The normalized spacial score (nSPS) is 16.8. The molecule has 0 saturated carbocycles. The van der Waals surface area contributed by atoms with Crippen molar-refractivity contribution in [1.82, 2.24) is 14.9 Å². The maximum absolute atomic E-state index is 14.7. The summed E-state index contributed by atoms with van der Waals surface area (Å²) in [5.74, 6) is -0.0427. The van der Waals surface area contributed by atoms with Crippen molar-refractivity contribution in [3.63, 3.8) is 0 Å². The Morgan fingerprint density at radius 2 is 2.06 bits per heavy atom. The summed E-state index contributed by atoms with van der Waals surface area (Å²) in [7, 11) is 1.52. The van der Waals surface area contributed by atoms with Gasteiger partial charge in [0, 0.05) is 29.4 Å². The summed E-state index contributed by atoms with van der Waals surface area (Å²) in [6.45, 7) is 2.21. The fraction of sp³-hybridized carbons (Fsp3) is 0.423. The van der Waals surface area contributed by atoms with E-state index in [0.717, 1.165) is 23.5 Å². The van der Waals surface area contributed by atoms with Gasteiger partial charge in [0.25, 0.3) is 0 Å². The number of piperidine rings is 1. The average molecular weight is 500 g/mol. The van der Waals surface area contributed by atoms with E-state index >= 15 is 0 Å². The van der Waals surface area contributed by atoms with Gasteiger partial charge >= 0.3 is 5.97 Å². The molecule has 35 heavy (non-hydrogen) atoms. The Balaban J connectivity index is 1.38. The average Bonchev–Trinajstić information content (AvgIpc) is 2.88. The largest absolute Gasteiger partial charge is 0.497 e. The second kappa shape index (κ2) is 11.3. The van der Waals surface area contributed by atoms with E-state index in [1.165, 1.54) is 7.11 Å². The highest BCUT2D eigenvalue weighted by atomic mass is 32.2. The van der Waals surface area contributed by atoms with Crippen LogP contribution < -0.4 is 4.74 Å². The van der Waals surface area contributed by atoms with Crippen molar-refractivity contribution in [2.45, 2.75) is 36.8 Å². The lowest BCUT2D eigenvalue weighted by molar-refractivity contribution is -0.153. The van der Waals surface area contributed by atoms with Gasteiger partial charge in [-0.05, 0) is 69.1 Å². The highest BCUT2D eigenvalue weighted by Gasteiger charge is 2.41. The Kier molecular flexibility index (Phi) is 8.20. The number of aliphatic carboxylic acids is 1. The van der Waals surface area contributed by atoms with E-state index in [9.17, 15) is 19.4 Å². The van der Waals surface area contributed by atoms with Crippen molar-refractivity contribution in [1.29, 1.82) is 0 Å². The predicted octanol–water partition coefficient (Wildman–Crippen LogP) is 4.55. The van der Waals surface area contributed by atoms with E-state index < -0.39 is 23.3 Å². The number of hydrogen-bond acceptors (Lipinski definition) is 7. The Bertz CT molecular complexity index is 1160. The molecule has 0 unspecified atom stereocenters. The van der Waals surface area contributed by atoms with E-state index in [1.807, 2.05) is 18.2 Å². The number of aliphatic hydroxyl groups excluding tert-OH is 1. The Morgan fingerprint density at radius 1 is 1.26 bits per heavy atom. The molecular weight excluding hydrogens is 469 g/mol. The highest BCUT2D eigenvalue weighted by molar-refractivity contribution is 7.99. The lowest BCUT2D eigenvalue weighted by atomic mass is 9.74. The molecule has 1 atom stereocenters. The number of pyridine rings is 2. The zero-order chi connectivity index (χ0) is 24.8. The number of aromatic nitrogens is 2. The third kappa shape index (κ3) is 5.91. The Morgan fingerprint density at radius 3 is 2.74 bits per heavy atom. The van der Waals surface area contributed by atoms with Crippen LogP contribution in [-0.2, 0) is 4.79 Å². The number of likely N-dealkylation sites (tertiary alicyclic amines) is 1. The maximum Gasteiger partial charge on any atom is 0.309 e. The van der Waals surface area contributed by atoms with Crippen LogP contribution in [0.5, 0.6) is 5.75 Å². The van der Waals surface area contributed by atoms with Crippen LogP contribution >= 0.6 is 11.8 Å². The number of carboxylic acid groups (broad SMARTS) is 1. The minimum Gasteiger partial charge on any atom is -0.497 e. The van der Waals surface area contributed by atoms with E-state index in [2.05, 4.69) is 14.9 Å². The Labute approximate surface area is 208 Å². The van der Waals surface area contributed by atoms with Crippen molar-refractivity contribution >= 4 is 28.6 Å².